The normalized spacial score (nSPS) is 18.0. The third-order valence-electron chi connectivity index (χ3n) is 3.82. The molecule has 2 aliphatic rings. The molecule has 3 amide bonds. The van der Waals surface area contributed by atoms with Crippen molar-refractivity contribution in [1.82, 2.24) is 9.80 Å². The van der Waals surface area contributed by atoms with E-state index in [4.69, 9.17) is 10.5 Å². The molecule has 0 aliphatic carbocycles. The van der Waals surface area contributed by atoms with E-state index in [-0.39, 0.29) is 30.9 Å². The first-order valence-corrected chi connectivity index (χ1v) is 7.43. The smallest absolute Gasteiger partial charge is 0.410 e. The summed E-state index contributed by atoms with van der Waals surface area (Å²) in [6.07, 6.45) is -0.436. The zero-order valence-corrected chi connectivity index (χ0v) is 13.3. The number of hydrogen-bond acceptors (Lipinski definition) is 5. The van der Waals surface area contributed by atoms with Crippen LogP contribution in [0.2, 0.25) is 0 Å². The molecule has 0 spiro atoms. The van der Waals surface area contributed by atoms with E-state index in [0.29, 0.717) is 16.8 Å². The molecule has 1 saturated heterocycles. The minimum Gasteiger partial charge on any atom is -0.444 e. The van der Waals surface area contributed by atoms with Gasteiger partial charge in [-0.2, -0.15) is 0 Å². The quantitative estimate of drug-likeness (QED) is 0.625. The number of fused-ring (bicyclic) bond motifs is 1. The molecule has 0 saturated carbocycles. The Bertz CT molecular complexity index is 702. The second kappa shape index (κ2) is 4.97. The first-order valence-electron chi connectivity index (χ1n) is 7.43. The molecular formula is C16H19N3O4. The van der Waals surface area contributed by atoms with Crippen LogP contribution in [0.4, 0.5) is 10.5 Å². The number of carbonyl (C=O) groups is 3. The van der Waals surface area contributed by atoms with E-state index in [2.05, 4.69) is 0 Å². The van der Waals surface area contributed by atoms with E-state index in [1.54, 1.807) is 32.9 Å². The molecule has 2 aliphatic heterocycles. The van der Waals surface area contributed by atoms with Gasteiger partial charge in [0.1, 0.15) is 5.60 Å². The Hall–Kier alpha value is -2.57. The summed E-state index contributed by atoms with van der Waals surface area (Å²) in [6.45, 7) is 5.94. The number of anilines is 1. The van der Waals surface area contributed by atoms with Crippen LogP contribution in [-0.2, 0) is 4.74 Å². The Labute approximate surface area is 134 Å². The van der Waals surface area contributed by atoms with Crippen LogP contribution >= 0.6 is 0 Å². The monoisotopic (exact) mass is 317 g/mol. The number of benzene rings is 1. The first-order chi connectivity index (χ1) is 10.7. The SMILES string of the molecule is CC(C)(C)OC(=O)N1CC(N2C(=O)c3ccc(N)cc3C2=O)C1. The van der Waals surface area contributed by atoms with Crippen LogP contribution in [0.1, 0.15) is 41.5 Å². The largest absolute Gasteiger partial charge is 0.444 e. The van der Waals surface area contributed by atoms with Crippen LogP contribution < -0.4 is 5.73 Å². The lowest BCUT2D eigenvalue weighted by atomic mass is 10.1. The molecule has 0 radical (unpaired) electrons. The van der Waals surface area contributed by atoms with Crippen LogP contribution in [-0.4, -0.2) is 52.4 Å². The van der Waals surface area contributed by atoms with E-state index >= 15 is 0 Å². The molecule has 23 heavy (non-hydrogen) atoms. The van der Waals surface area contributed by atoms with Gasteiger partial charge in [0.2, 0.25) is 0 Å². The van der Waals surface area contributed by atoms with Crippen molar-refractivity contribution in [3.63, 3.8) is 0 Å². The van der Waals surface area contributed by atoms with Crippen molar-refractivity contribution in [3.8, 4) is 0 Å². The fourth-order valence-corrected chi connectivity index (χ4v) is 2.70. The van der Waals surface area contributed by atoms with Gasteiger partial charge in [-0.05, 0) is 39.0 Å². The van der Waals surface area contributed by atoms with Crippen LogP contribution in [0, 0.1) is 0 Å². The van der Waals surface area contributed by atoms with Crippen molar-refractivity contribution in [2.45, 2.75) is 32.4 Å². The number of nitrogens with two attached hydrogens (primary N) is 1. The Morgan fingerprint density at radius 3 is 2.39 bits per heavy atom. The van der Waals surface area contributed by atoms with Crippen molar-refractivity contribution in [2.24, 2.45) is 0 Å². The van der Waals surface area contributed by atoms with Gasteiger partial charge in [-0.15, -0.1) is 0 Å². The average Bonchev–Trinajstić information content (AvgIpc) is 2.60. The van der Waals surface area contributed by atoms with Crippen molar-refractivity contribution in [2.75, 3.05) is 18.8 Å². The minimum atomic E-state index is -0.574. The molecule has 2 heterocycles. The van der Waals surface area contributed by atoms with E-state index in [9.17, 15) is 14.4 Å². The van der Waals surface area contributed by atoms with E-state index in [0.717, 1.165) is 0 Å². The van der Waals surface area contributed by atoms with E-state index in [1.807, 2.05) is 0 Å². The van der Waals surface area contributed by atoms with E-state index in [1.165, 1.54) is 15.9 Å². The highest BCUT2D eigenvalue weighted by atomic mass is 16.6. The molecular weight excluding hydrogens is 298 g/mol. The number of amides is 3. The predicted octanol–water partition coefficient (Wildman–Crippen LogP) is 1.48. The summed E-state index contributed by atoms with van der Waals surface area (Å²) in [5.74, 6) is -0.690. The Morgan fingerprint density at radius 1 is 1.17 bits per heavy atom. The highest BCUT2D eigenvalue weighted by Crippen LogP contribution is 2.29. The number of hydrogen-bond donors (Lipinski definition) is 1. The van der Waals surface area contributed by atoms with Crippen molar-refractivity contribution >= 4 is 23.6 Å². The number of nitrogen functional groups attached to an aromatic ring is 1. The molecule has 0 bridgehead atoms. The third-order valence-corrected chi connectivity index (χ3v) is 3.82. The summed E-state index contributed by atoms with van der Waals surface area (Å²) in [6, 6.07) is 4.35. The highest BCUT2D eigenvalue weighted by molar-refractivity contribution is 6.22. The number of likely N-dealkylation sites (tertiary alicyclic amines) is 1. The molecule has 7 nitrogen and oxygen atoms in total. The van der Waals surface area contributed by atoms with Gasteiger partial charge in [0.05, 0.1) is 17.2 Å². The molecule has 3 rings (SSSR count). The lowest BCUT2D eigenvalue weighted by Gasteiger charge is -2.42. The van der Waals surface area contributed by atoms with Gasteiger partial charge >= 0.3 is 6.09 Å². The average molecular weight is 317 g/mol. The van der Waals surface area contributed by atoms with Gasteiger partial charge in [0.15, 0.2) is 0 Å². The minimum absolute atomic E-state index is 0.288. The Morgan fingerprint density at radius 2 is 1.78 bits per heavy atom. The van der Waals surface area contributed by atoms with Crippen LogP contribution in [0.5, 0.6) is 0 Å². The zero-order valence-electron chi connectivity index (χ0n) is 13.3. The summed E-state index contributed by atoms with van der Waals surface area (Å²) < 4.78 is 5.27. The summed E-state index contributed by atoms with van der Waals surface area (Å²) >= 11 is 0. The van der Waals surface area contributed by atoms with Crippen LogP contribution in [0.25, 0.3) is 0 Å². The summed E-state index contributed by atoms with van der Waals surface area (Å²) in [7, 11) is 0. The summed E-state index contributed by atoms with van der Waals surface area (Å²) in [5, 5.41) is 0. The fraction of sp³-hybridized carbons (Fsp3) is 0.438. The molecule has 1 fully saturated rings. The number of nitrogens with zero attached hydrogens (tertiary/aromatic N) is 2. The standard InChI is InChI=1S/C16H19N3O4/c1-16(2,3)23-15(22)18-7-10(8-18)19-13(20)11-5-4-9(17)6-12(11)14(19)21/h4-6,10H,7-8,17H2,1-3H3. The molecule has 1 aromatic rings. The molecule has 0 aromatic heterocycles. The molecule has 2 N–H and O–H groups in total. The van der Waals surface area contributed by atoms with Crippen molar-refractivity contribution < 1.29 is 19.1 Å². The molecule has 0 unspecified atom stereocenters. The molecule has 7 heteroatoms. The van der Waals surface area contributed by atoms with Crippen LogP contribution in [0.15, 0.2) is 18.2 Å². The lowest BCUT2D eigenvalue weighted by molar-refractivity contribution is -0.00969. The number of imide groups is 1. The highest BCUT2D eigenvalue weighted by Gasteiger charge is 2.46. The van der Waals surface area contributed by atoms with Gasteiger partial charge in [-0.3, -0.25) is 14.5 Å². The maximum absolute atomic E-state index is 12.4. The van der Waals surface area contributed by atoms with Crippen molar-refractivity contribution in [1.29, 1.82) is 0 Å². The third kappa shape index (κ3) is 2.62. The Balaban J connectivity index is 1.69. The predicted molar refractivity (Wildman–Crippen MR) is 82.9 cm³/mol. The fourth-order valence-electron chi connectivity index (χ4n) is 2.70. The van der Waals surface area contributed by atoms with Gasteiger partial charge in [0.25, 0.3) is 11.8 Å². The molecule has 0 atom stereocenters. The summed E-state index contributed by atoms with van der Waals surface area (Å²) in [4.78, 5) is 39.4. The second-order valence-corrected chi connectivity index (χ2v) is 6.82. The Kier molecular flexibility index (Phi) is 3.31. The number of ether oxygens (including phenoxy) is 1. The molecule has 122 valence electrons. The zero-order chi connectivity index (χ0) is 16.9. The van der Waals surface area contributed by atoms with E-state index < -0.39 is 11.7 Å². The van der Waals surface area contributed by atoms with Gasteiger partial charge in [0, 0.05) is 18.8 Å². The van der Waals surface area contributed by atoms with Gasteiger partial charge < -0.3 is 15.4 Å². The molecule has 1 aromatic carbocycles. The number of rotatable bonds is 1. The lowest BCUT2D eigenvalue weighted by Crippen LogP contribution is -2.62. The number of carbonyl (C=O) groups excluding carboxylic acids is 3. The maximum atomic E-state index is 12.4. The topological polar surface area (TPSA) is 92.9 Å². The second-order valence-electron chi connectivity index (χ2n) is 6.82. The maximum Gasteiger partial charge on any atom is 0.410 e. The summed E-state index contributed by atoms with van der Waals surface area (Å²) in [5.41, 5.74) is 6.23. The van der Waals surface area contributed by atoms with Gasteiger partial charge in [-0.25, -0.2) is 4.79 Å². The van der Waals surface area contributed by atoms with Crippen LogP contribution in [0.3, 0.4) is 0 Å². The first kappa shape index (κ1) is 15.3. The van der Waals surface area contributed by atoms with Crippen molar-refractivity contribution in [3.05, 3.63) is 29.3 Å². The van der Waals surface area contributed by atoms with Gasteiger partial charge in [-0.1, -0.05) is 0 Å².